The van der Waals surface area contributed by atoms with Crippen LogP contribution in [-0.4, -0.2) is 71.0 Å². The number of nitrogens with one attached hydrogen (secondary N) is 1. The van der Waals surface area contributed by atoms with Gasteiger partial charge in [-0.05, 0) is 56.7 Å². The van der Waals surface area contributed by atoms with E-state index >= 15 is 0 Å². The van der Waals surface area contributed by atoms with Crippen LogP contribution >= 0.6 is 0 Å². The number of aliphatic hydroxyl groups is 1. The molecule has 0 bridgehead atoms. The van der Waals surface area contributed by atoms with Crippen LogP contribution in [0, 0.1) is 0 Å². The van der Waals surface area contributed by atoms with Gasteiger partial charge in [0.15, 0.2) is 11.5 Å². The minimum Gasteiger partial charge on any atom is -0.493 e. The largest absolute Gasteiger partial charge is 0.493 e. The fraction of sp³-hybridized carbons (Fsp3) is 0.519. The lowest BCUT2D eigenvalue weighted by molar-refractivity contribution is -0.548. The zero-order valence-corrected chi connectivity index (χ0v) is 20.8. The molecule has 0 unspecified atom stereocenters. The molecule has 2 saturated heterocycles. The van der Waals surface area contributed by atoms with Gasteiger partial charge in [0.25, 0.3) is 0 Å². The molecular formula is C27H36N5O3+. The molecule has 0 radical (unpaired) electrons. The molecule has 0 amide bonds. The summed E-state index contributed by atoms with van der Waals surface area (Å²) in [7, 11) is 3.27. The molecule has 0 saturated carbocycles. The van der Waals surface area contributed by atoms with Crippen molar-refractivity contribution in [3.05, 3.63) is 47.7 Å². The maximum absolute atomic E-state index is 10.8. The first-order valence-electron chi connectivity index (χ1n) is 12.8. The number of rotatable bonds is 5. The third-order valence-electron chi connectivity index (χ3n) is 7.51. The summed E-state index contributed by atoms with van der Waals surface area (Å²) >= 11 is 0. The van der Waals surface area contributed by atoms with Crippen LogP contribution in [0.15, 0.2) is 42.0 Å². The first-order valence-corrected chi connectivity index (χ1v) is 12.8. The number of likely N-dealkylation sites (tertiary alicyclic amines) is 1. The number of aromatic nitrogens is 2. The maximum Gasteiger partial charge on any atom is 0.446 e. The quantitative estimate of drug-likeness (QED) is 0.495. The van der Waals surface area contributed by atoms with Crippen molar-refractivity contribution in [2.24, 2.45) is 0 Å². The van der Waals surface area contributed by atoms with E-state index in [4.69, 9.17) is 9.47 Å². The highest BCUT2D eigenvalue weighted by molar-refractivity contribution is 5.85. The summed E-state index contributed by atoms with van der Waals surface area (Å²) in [5.41, 5.74) is 4.40. The fourth-order valence-corrected chi connectivity index (χ4v) is 5.49. The van der Waals surface area contributed by atoms with Crippen molar-refractivity contribution in [1.29, 1.82) is 0 Å². The monoisotopic (exact) mass is 478 g/mol. The van der Waals surface area contributed by atoms with E-state index in [9.17, 15) is 5.11 Å². The Kier molecular flexibility index (Phi) is 7.06. The van der Waals surface area contributed by atoms with Crippen molar-refractivity contribution in [2.45, 2.75) is 50.9 Å². The zero-order valence-electron chi connectivity index (χ0n) is 20.8. The number of benzene rings is 1. The third kappa shape index (κ3) is 5.06. The first kappa shape index (κ1) is 23.5. The Balaban J connectivity index is 1.25. The van der Waals surface area contributed by atoms with Crippen molar-refractivity contribution in [2.75, 3.05) is 40.4 Å². The van der Waals surface area contributed by atoms with Gasteiger partial charge < -0.3 is 19.5 Å². The molecule has 2 aliphatic heterocycles. The Morgan fingerprint density at radius 2 is 1.74 bits per heavy atom. The maximum atomic E-state index is 10.8. The van der Waals surface area contributed by atoms with E-state index < -0.39 is 0 Å². The molecule has 1 aromatic carbocycles. The van der Waals surface area contributed by atoms with E-state index in [1.807, 2.05) is 16.7 Å². The predicted octanol–water partition coefficient (Wildman–Crippen LogP) is 4.09. The van der Waals surface area contributed by atoms with Gasteiger partial charge >= 0.3 is 6.02 Å². The summed E-state index contributed by atoms with van der Waals surface area (Å²) in [6.07, 6.45) is 13.7. The number of hydrogen-bond donors (Lipinski definition) is 2. The summed E-state index contributed by atoms with van der Waals surface area (Å²) in [5, 5.41) is 15.1. The summed E-state index contributed by atoms with van der Waals surface area (Å²) in [5.74, 6) is 1.65. The molecule has 35 heavy (non-hydrogen) atoms. The van der Waals surface area contributed by atoms with Crippen LogP contribution in [0.2, 0.25) is 0 Å². The Morgan fingerprint density at radius 3 is 2.43 bits per heavy atom. The van der Waals surface area contributed by atoms with Gasteiger partial charge in [0.05, 0.1) is 38.5 Å². The second kappa shape index (κ2) is 10.5. The van der Waals surface area contributed by atoms with Gasteiger partial charge in [-0.2, -0.15) is 0 Å². The van der Waals surface area contributed by atoms with Gasteiger partial charge in [-0.3, -0.25) is 0 Å². The van der Waals surface area contributed by atoms with Crippen molar-refractivity contribution in [1.82, 2.24) is 20.2 Å². The SMILES string of the molecule is COc1cc2ncnc(C3CC[N+](=C(O)NC4=CC=C(N5CCCCC5)CC4)CC3)c2cc1OC. The average molecular weight is 479 g/mol. The molecule has 5 rings (SSSR count). The standard InChI is InChI=1S/C27H35N5O3/c1-34-24-16-22-23(17-25(24)35-2)28-18-29-26(22)19-10-14-32(15-11-19)27(33)30-20-6-8-21(9-7-20)31-12-4-3-5-13-31/h6,8,16-19H,3-5,7,9-15H2,1-2H3,(H,30,33)/p+1. The number of aliphatic hydroxyl groups excluding tert-OH is 1. The number of methoxy groups -OCH3 is 2. The van der Waals surface area contributed by atoms with Crippen molar-refractivity contribution < 1.29 is 19.2 Å². The van der Waals surface area contributed by atoms with Gasteiger partial charge in [0, 0.05) is 42.6 Å². The predicted molar refractivity (Wildman–Crippen MR) is 136 cm³/mol. The lowest BCUT2D eigenvalue weighted by Crippen LogP contribution is -2.38. The molecule has 186 valence electrons. The zero-order chi connectivity index (χ0) is 24.2. The molecule has 0 atom stereocenters. The Bertz CT molecular complexity index is 1160. The Labute approximate surface area is 207 Å². The number of hydrogen-bond acceptors (Lipinski definition) is 5. The van der Waals surface area contributed by atoms with Gasteiger partial charge in [0.1, 0.15) is 12.0 Å². The number of allylic oxidation sites excluding steroid dienone is 4. The molecule has 8 heteroatoms. The molecular weight excluding hydrogens is 442 g/mol. The second-order valence-corrected chi connectivity index (χ2v) is 9.59. The van der Waals surface area contributed by atoms with Crippen LogP contribution in [0.1, 0.15) is 56.6 Å². The fourth-order valence-electron chi connectivity index (χ4n) is 5.49. The van der Waals surface area contributed by atoms with Crippen LogP contribution in [0.4, 0.5) is 0 Å². The average Bonchev–Trinajstić information content (AvgIpc) is 2.93. The summed E-state index contributed by atoms with van der Waals surface area (Å²) in [6, 6.07) is 4.13. The van der Waals surface area contributed by atoms with E-state index in [-0.39, 0.29) is 6.02 Å². The summed E-state index contributed by atoms with van der Waals surface area (Å²) < 4.78 is 13.0. The van der Waals surface area contributed by atoms with Gasteiger partial charge in [-0.25, -0.2) is 19.9 Å². The summed E-state index contributed by atoms with van der Waals surface area (Å²) in [6.45, 7) is 3.89. The molecule has 8 nitrogen and oxygen atoms in total. The Morgan fingerprint density at radius 1 is 1.00 bits per heavy atom. The number of ether oxygens (including phenoxy) is 2. The van der Waals surface area contributed by atoms with Gasteiger partial charge in [-0.15, -0.1) is 0 Å². The summed E-state index contributed by atoms with van der Waals surface area (Å²) in [4.78, 5) is 11.6. The van der Waals surface area contributed by atoms with Crippen LogP contribution in [-0.2, 0) is 0 Å². The minimum absolute atomic E-state index is 0.253. The van der Waals surface area contributed by atoms with Crippen LogP contribution in [0.3, 0.4) is 0 Å². The van der Waals surface area contributed by atoms with Crippen molar-refractivity contribution in [3.63, 3.8) is 0 Å². The molecule has 2 aromatic rings. The minimum atomic E-state index is 0.253. The van der Waals surface area contributed by atoms with E-state index in [0.717, 1.165) is 61.1 Å². The van der Waals surface area contributed by atoms with Crippen molar-refractivity contribution in [3.8, 4) is 11.5 Å². The first-order chi connectivity index (χ1) is 17.2. The number of fused-ring (bicyclic) bond motifs is 1. The van der Waals surface area contributed by atoms with E-state index in [2.05, 4.69) is 32.3 Å². The highest BCUT2D eigenvalue weighted by Crippen LogP contribution is 2.36. The van der Waals surface area contributed by atoms with Gasteiger partial charge in [0.2, 0.25) is 0 Å². The lowest BCUT2D eigenvalue weighted by Gasteiger charge is -2.32. The topological polar surface area (TPSA) is 82.8 Å². The van der Waals surface area contributed by atoms with E-state index in [1.165, 1.54) is 38.0 Å². The molecule has 3 heterocycles. The van der Waals surface area contributed by atoms with Crippen LogP contribution < -0.4 is 14.8 Å². The number of nitrogens with zero attached hydrogens (tertiary/aromatic N) is 4. The number of piperidine rings is 2. The Hall–Kier alpha value is -3.29. The van der Waals surface area contributed by atoms with Crippen molar-refractivity contribution >= 4 is 16.9 Å². The number of amidine groups is 1. The normalized spacial score (nSPS) is 20.8. The van der Waals surface area contributed by atoms with Crippen LogP contribution in [0.5, 0.6) is 11.5 Å². The molecule has 1 aromatic heterocycles. The lowest BCUT2D eigenvalue weighted by atomic mass is 9.91. The van der Waals surface area contributed by atoms with Gasteiger partial charge in [-0.1, -0.05) is 0 Å². The second-order valence-electron chi connectivity index (χ2n) is 9.59. The van der Waals surface area contributed by atoms with Crippen LogP contribution in [0.25, 0.3) is 10.9 Å². The highest BCUT2D eigenvalue weighted by atomic mass is 16.5. The molecule has 3 aliphatic rings. The smallest absolute Gasteiger partial charge is 0.446 e. The molecule has 2 N–H and O–H groups in total. The third-order valence-corrected chi connectivity index (χ3v) is 7.51. The highest BCUT2D eigenvalue weighted by Gasteiger charge is 2.27. The van der Waals surface area contributed by atoms with E-state index in [0.29, 0.717) is 17.4 Å². The molecule has 2 fully saturated rings. The molecule has 0 spiro atoms. The van der Waals surface area contributed by atoms with E-state index in [1.54, 1.807) is 20.5 Å². The molecule has 1 aliphatic carbocycles.